The predicted octanol–water partition coefficient (Wildman–Crippen LogP) is 4.24. The molecule has 2 heterocycles. The molecule has 1 aliphatic rings. The minimum Gasteiger partial charge on any atom is -0.497 e. The zero-order valence-corrected chi connectivity index (χ0v) is 20.7. The van der Waals surface area contributed by atoms with Crippen LogP contribution in [0.2, 0.25) is 0 Å². The minimum atomic E-state index is -4.62. The lowest BCUT2D eigenvalue weighted by molar-refractivity contribution is -0.155. The first-order chi connectivity index (χ1) is 18.5. The molecule has 4 N–H and O–H groups in total. The average molecular weight is 548 g/mol. The second kappa shape index (κ2) is 11.2. The van der Waals surface area contributed by atoms with Gasteiger partial charge < -0.3 is 25.8 Å². The predicted molar refractivity (Wildman–Crippen MR) is 134 cm³/mol. The number of methoxy groups -OCH3 is 1. The van der Waals surface area contributed by atoms with Gasteiger partial charge in [-0.15, -0.1) is 0 Å². The third-order valence-corrected chi connectivity index (χ3v) is 6.11. The van der Waals surface area contributed by atoms with Crippen molar-refractivity contribution >= 4 is 28.9 Å². The van der Waals surface area contributed by atoms with Gasteiger partial charge in [0, 0.05) is 31.1 Å². The van der Waals surface area contributed by atoms with E-state index in [1.807, 2.05) is 0 Å². The van der Waals surface area contributed by atoms with Crippen molar-refractivity contribution in [2.24, 2.45) is 0 Å². The average Bonchev–Trinajstić information content (AvgIpc) is 3.38. The number of halogens is 4. The van der Waals surface area contributed by atoms with Gasteiger partial charge >= 0.3 is 6.18 Å². The van der Waals surface area contributed by atoms with Crippen LogP contribution in [0.15, 0.2) is 60.9 Å². The maximum Gasteiger partial charge on any atom is 0.418 e. The summed E-state index contributed by atoms with van der Waals surface area (Å²) in [5.74, 6) is -1.60. The van der Waals surface area contributed by atoms with Gasteiger partial charge in [-0.3, -0.25) is 14.6 Å². The molecule has 0 radical (unpaired) electrons. The van der Waals surface area contributed by atoms with Crippen LogP contribution in [-0.2, 0) is 22.3 Å². The van der Waals surface area contributed by atoms with E-state index in [0.717, 1.165) is 6.07 Å². The second-order valence-electron chi connectivity index (χ2n) is 8.90. The summed E-state index contributed by atoms with van der Waals surface area (Å²) in [5.41, 5.74) is 3.97. The molecule has 13 heteroatoms. The van der Waals surface area contributed by atoms with Gasteiger partial charge in [-0.05, 0) is 42.0 Å². The van der Waals surface area contributed by atoms with Crippen LogP contribution in [0.5, 0.6) is 5.75 Å². The first kappa shape index (κ1) is 27.6. The van der Waals surface area contributed by atoms with Gasteiger partial charge in [0.25, 0.3) is 11.8 Å². The molecule has 1 saturated heterocycles. The molecule has 4 rings (SSSR count). The molecule has 0 spiro atoms. The number of hydrogen-bond donors (Lipinski definition) is 3. The monoisotopic (exact) mass is 547 g/mol. The van der Waals surface area contributed by atoms with Crippen molar-refractivity contribution in [2.45, 2.75) is 24.7 Å². The number of benzene rings is 2. The summed E-state index contributed by atoms with van der Waals surface area (Å²) in [6.45, 7) is -0.548. The summed E-state index contributed by atoms with van der Waals surface area (Å²) < 4.78 is 65.7. The largest absolute Gasteiger partial charge is 0.497 e. The molecule has 1 aliphatic heterocycles. The lowest BCUT2D eigenvalue weighted by atomic mass is 9.96. The number of carbonyl (C=O) groups excluding carboxylic acids is 2. The molecule has 0 aliphatic carbocycles. The first-order valence-electron chi connectivity index (χ1n) is 11.7. The van der Waals surface area contributed by atoms with Gasteiger partial charge in [0.15, 0.2) is 0 Å². The molecule has 2 aromatic carbocycles. The summed E-state index contributed by atoms with van der Waals surface area (Å²) in [5, 5.41) is 5.23. The van der Waals surface area contributed by atoms with Crippen molar-refractivity contribution in [2.75, 3.05) is 31.4 Å². The van der Waals surface area contributed by atoms with Crippen molar-refractivity contribution in [1.29, 1.82) is 0 Å². The molecule has 1 unspecified atom stereocenters. The van der Waals surface area contributed by atoms with Crippen LogP contribution < -0.4 is 21.1 Å². The van der Waals surface area contributed by atoms with E-state index in [9.17, 15) is 22.8 Å². The third kappa shape index (κ3) is 6.37. The van der Waals surface area contributed by atoms with Crippen LogP contribution in [0.1, 0.15) is 27.9 Å². The molecule has 0 bridgehead atoms. The van der Waals surface area contributed by atoms with E-state index >= 15 is 4.48 Å². The number of nitrogens with two attached hydrogens (primary N) is 1. The van der Waals surface area contributed by atoms with Gasteiger partial charge in [0.2, 0.25) is 0 Å². The molecule has 0 saturated carbocycles. The van der Waals surface area contributed by atoms with E-state index < -0.39 is 35.6 Å². The number of aromatic nitrogens is 1. The molecule has 2 amide bonds. The summed E-state index contributed by atoms with van der Waals surface area (Å²) in [6.07, 6.45) is -1.94. The fourth-order valence-corrected chi connectivity index (χ4v) is 4.06. The number of ether oxygens (including phenoxy) is 2. The Morgan fingerprint density at radius 3 is 2.51 bits per heavy atom. The number of nitrogens with one attached hydrogen (secondary N) is 2. The van der Waals surface area contributed by atoms with Crippen LogP contribution in [0, 0.1) is 0 Å². The van der Waals surface area contributed by atoms with E-state index in [-0.39, 0.29) is 47.4 Å². The molecule has 206 valence electrons. The molecule has 1 fully saturated rings. The number of pyridine rings is 1. The third-order valence-electron chi connectivity index (χ3n) is 6.11. The van der Waals surface area contributed by atoms with Crippen molar-refractivity contribution in [3.05, 3.63) is 77.6 Å². The number of hydrogen-bond acceptors (Lipinski definition) is 7. The Kier molecular flexibility index (Phi) is 7.90. The lowest BCUT2D eigenvalue weighted by Gasteiger charge is -2.29. The second-order valence-corrected chi connectivity index (χ2v) is 8.90. The zero-order chi connectivity index (χ0) is 28.2. The summed E-state index contributed by atoms with van der Waals surface area (Å²) in [4.78, 5) is 29.6. The fraction of sp³-hybridized carbons (Fsp3) is 0.269. The van der Waals surface area contributed by atoms with Crippen LogP contribution in [0.3, 0.4) is 0 Å². The maximum absolute atomic E-state index is 15.1. The van der Waals surface area contributed by atoms with Gasteiger partial charge in [-0.2, -0.15) is 18.3 Å². The number of nitrogen functional groups attached to an aromatic ring is 1. The van der Waals surface area contributed by atoms with Crippen LogP contribution in [0.25, 0.3) is 0 Å². The molecule has 39 heavy (non-hydrogen) atoms. The zero-order valence-electron chi connectivity index (χ0n) is 20.7. The lowest BCUT2D eigenvalue weighted by Crippen LogP contribution is -2.58. The van der Waals surface area contributed by atoms with E-state index in [0.29, 0.717) is 11.3 Å². The van der Waals surface area contributed by atoms with E-state index in [2.05, 4.69) is 15.6 Å². The Morgan fingerprint density at radius 2 is 1.90 bits per heavy atom. The molecular formula is C26H25F4N5O4. The Labute approximate surface area is 220 Å². The Bertz CT molecular complexity index is 1340. The smallest absolute Gasteiger partial charge is 0.418 e. The number of rotatable bonds is 8. The van der Waals surface area contributed by atoms with Gasteiger partial charge in [0.1, 0.15) is 11.3 Å². The highest BCUT2D eigenvalue weighted by atomic mass is 19.4. The summed E-state index contributed by atoms with van der Waals surface area (Å²) in [6, 6.07) is 10.7. The molecule has 1 aromatic heterocycles. The number of alkyl halides is 3. The quantitative estimate of drug-likeness (QED) is 0.285. The number of amides is 2. The van der Waals surface area contributed by atoms with Crippen molar-refractivity contribution in [3.8, 4) is 5.75 Å². The van der Waals surface area contributed by atoms with Crippen molar-refractivity contribution < 1.29 is 36.7 Å². The van der Waals surface area contributed by atoms with Crippen LogP contribution in [-0.4, -0.2) is 47.8 Å². The summed E-state index contributed by atoms with van der Waals surface area (Å²) in [7, 11) is 1.27. The fourth-order valence-electron chi connectivity index (χ4n) is 4.06. The van der Waals surface area contributed by atoms with Crippen LogP contribution >= 0.6 is 0 Å². The van der Waals surface area contributed by atoms with Crippen molar-refractivity contribution in [3.63, 3.8) is 0 Å². The Balaban J connectivity index is 1.45. The first-order valence-corrected chi connectivity index (χ1v) is 11.7. The summed E-state index contributed by atoms with van der Waals surface area (Å²) >= 11 is 0. The standard InChI is InChI=1S/C26H25F4N5O4/c1-38-20-6-7-22(21(11-20)26(27,28)29)33-19-4-2-16(3-5-19)14-35(30)24(37)25(8-9-39-15-25)34-23(36)17-10-18(31)13-32-12-17/h2-7,10-13,33H,8-9,14-15,31H2,1H3,(H,34,36). The Morgan fingerprint density at radius 1 is 1.15 bits per heavy atom. The maximum atomic E-state index is 15.1. The normalized spacial score (nSPS) is 16.9. The van der Waals surface area contributed by atoms with E-state index in [4.69, 9.17) is 15.2 Å². The molecule has 9 nitrogen and oxygen atoms in total. The number of carbonyl (C=O) groups is 2. The number of nitrogens with zero attached hydrogens (tertiary/aromatic N) is 2. The highest BCUT2D eigenvalue weighted by Gasteiger charge is 2.46. The SMILES string of the molecule is COc1ccc(Nc2ccc(CN(F)C(=O)C3(NC(=O)c4cncc(N)c4)CCOC3)cc2)c(C(F)(F)F)c1. The highest BCUT2D eigenvalue weighted by Crippen LogP contribution is 2.38. The highest BCUT2D eigenvalue weighted by molar-refractivity contribution is 5.99. The van der Waals surface area contributed by atoms with Gasteiger partial charge in [-0.25, -0.2) is 0 Å². The van der Waals surface area contributed by atoms with Crippen LogP contribution in [0.4, 0.5) is 34.7 Å². The van der Waals surface area contributed by atoms with E-state index in [1.54, 1.807) is 0 Å². The number of anilines is 3. The van der Waals surface area contributed by atoms with Gasteiger partial charge in [-0.1, -0.05) is 16.6 Å². The van der Waals surface area contributed by atoms with Crippen molar-refractivity contribution in [1.82, 2.24) is 15.4 Å². The molecule has 1 atom stereocenters. The minimum absolute atomic E-state index is 0.0275. The Hall–Kier alpha value is -4.39. The topological polar surface area (TPSA) is 119 Å². The molecular weight excluding hydrogens is 522 g/mol. The molecule has 3 aromatic rings. The van der Waals surface area contributed by atoms with Gasteiger partial charge in [0.05, 0.1) is 42.8 Å². The van der Waals surface area contributed by atoms with E-state index in [1.165, 1.54) is 62.0 Å².